The maximum atomic E-state index is 11.8. The third-order valence-electron chi connectivity index (χ3n) is 4.59. The molecule has 27 heavy (non-hydrogen) atoms. The topological polar surface area (TPSA) is 65.0 Å². The maximum absolute atomic E-state index is 11.8. The van der Waals surface area contributed by atoms with Crippen LogP contribution in [-0.4, -0.2) is 42.3 Å². The second kappa shape index (κ2) is 10.5. The molecule has 1 unspecified atom stereocenters. The SMILES string of the molecule is CC(C)CC(C/C=C1/COC(CO)(COC(=O)OC(C)(C)C)C1)CC(C)C. The minimum Gasteiger partial charge on any atom is -0.431 e. The molecule has 0 aliphatic carbocycles. The zero-order valence-corrected chi connectivity index (χ0v) is 18.3. The third-order valence-corrected chi connectivity index (χ3v) is 4.59. The molecule has 1 saturated heterocycles. The highest BCUT2D eigenvalue weighted by molar-refractivity contribution is 5.60. The molecule has 1 aliphatic heterocycles. The minimum absolute atomic E-state index is 0.00281. The van der Waals surface area contributed by atoms with Gasteiger partial charge in [0.15, 0.2) is 0 Å². The van der Waals surface area contributed by atoms with Crippen LogP contribution >= 0.6 is 0 Å². The zero-order chi connectivity index (χ0) is 20.7. The van der Waals surface area contributed by atoms with Crippen molar-refractivity contribution in [1.29, 1.82) is 0 Å². The Hall–Kier alpha value is -1.07. The Morgan fingerprint density at radius 1 is 1.22 bits per heavy atom. The normalized spacial score (nSPS) is 22.3. The number of aliphatic hydroxyl groups excluding tert-OH is 1. The molecule has 1 fully saturated rings. The van der Waals surface area contributed by atoms with E-state index in [0.717, 1.165) is 6.42 Å². The number of hydrogen-bond donors (Lipinski definition) is 1. The summed E-state index contributed by atoms with van der Waals surface area (Å²) in [5.41, 5.74) is -0.282. The molecule has 0 amide bonds. The van der Waals surface area contributed by atoms with Gasteiger partial charge in [0.05, 0.1) is 13.2 Å². The van der Waals surface area contributed by atoms with Crippen LogP contribution < -0.4 is 0 Å². The number of ether oxygens (including phenoxy) is 3. The lowest BCUT2D eigenvalue weighted by atomic mass is 9.86. The van der Waals surface area contributed by atoms with Crippen LogP contribution in [0.15, 0.2) is 11.6 Å². The van der Waals surface area contributed by atoms with E-state index in [1.807, 2.05) is 0 Å². The van der Waals surface area contributed by atoms with Gasteiger partial charge in [-0.05, 0) is 63.4 Å². The van der Waals surface area contributed by atoms with Gasteiger partial charge in [0.25, 0.3) is 0 Å². The van der Waals surface area contributed by atoms with E-state index in [1.165, 1.54) is 18.4 Å². The number of rotatable bonds is 9. The minimum atomic E-state index is -0.853. The molecule has 1 rings (SSSR count). The summed E-state index contributed by atoms with van der Waals surface area (Å²) < 4.78 is 16.2. The molecule has 0 bridgehead atoms. The number of allylic oxidation sites excluding steroid dienone is 1. The Labute approximate surface area is 165 Å². The van der Waals surface area contributed by atoms with Gasteiger partial charge < -0.3 is 19.3 Å². The third kappa shape index (κ3) is 9.61. The number of hydrogen-bond acceptors (Lipinski definition) is 5. The fourth-order valence-corrected chi connectivity index (χ4v) is 3.56. The standard InChI is InChI=1S/C22H40O5/c1-16(2)10-18(11-17(3)4)8-9-19-12-22(14-23,26-13-19)15-25-20(24)27-21(5,6)7/h9,16-18,23H,8,10-15H2,1-7H3/b19-9+. The molecule has 158 valence electrons. The highest BCUT2D eigenvalue weighted by atomic mass is 16.7. The Morgan fingerprint density at radius 2 is 1.81 bits per heavy atom. The number of carbonyl (C=O) groups excluding carboxylic acids is 1. The lowest BCUT2D eigenvalue weighted by molar-refractivity contribution is -0.0924. The summed E-state index contributed by atoms with van der Waals surface area (Å²) in [6.07, 6.45) is 5.59. The van der Waals surface area contributed by atoms with Gasteiger partial charge >= 0.3 is 6.16 Å². The molecule has 0 aromatic carbocycles. The van der Waals surface area contributed by atoms with Gasteiger partial charge in [0, 0.05) is 6.42 Å². The van der Waals surface area contributed by atoms with Gasteiger partial charge in [-0.25, -0.2) is 4.79 Å². The van der Waals surface area contributed by atoms with E-state index in [4.69, 9.17) is 14.2 Å². The molecule has 1 atom stereocenters. The van der Waals surface area contributed by atoms with Gasteiger partial charge in [0.1, 0.15) is 17.8 Å². The first kappa shape index (κ1) is 24.0. The molecule has 5 nitrogen and oxygen atoms in total. The van der Waals surface area contributed by atoms with E-state index in [2.05, 4.69) is 33.8 Å². The molecule has 0 radical (unpaired) electrons. The van der Waals surface area contributed by atoms with E-state index in [-0.39, 0.29) is 13.2 Å². The smallest absolute Gasteiger partial charge is 0.431 e. The first-order chi connectivity index (χ1) is 12.4. The second-order valence-corrected chi connectivity index (χ2v) is 9.78. The predicted octanol–water partition coefficient (Wildman–Crippen LogP) is 5.11. The van der Waals surface area contributed by atoms with E-state index in [9.17, 15) is 9.90 Å². The summed E-state index contributed by atoms with van der Waals surface area (Å²) in [5, 5.41) is 9.81. The van der Waals surface area contributed by atoms with Gasteiger partial charge in [-0.3, -0.25) is 0 Å². The van der Waals surface area contributed by atoms with Crippen LogP contribution in [0.2, 0.25) is 0 Å². The van der Waals surface area contributed by atoms with Gasteiger partial charge in [-0.1, -0.05) is 33.8 Å². The van der Waals surface area contributed by atoms with Crippen molar-refractivity contribution in [1.82, 2.24) is 0 Å². The second-order valence-electron chi connectivity index (χ2n) is 9.78. The van der Waals surface area contributed by atoms with E-state index in [1.54, 1.807) is 20.8 Å². The quantitative estimate of drug-likeness (QED) is 0.442. The Kier molecular flexibility index (Phi) is 9.29. The van der Waals surface area contributed by atoms with Gasteiger partial charge in [0.2, 0.25) is 0 Å². The fourth-order valence-electron chi connectivity index (χ4n) is 3.56. The van der Waals surface area contributed by atoms with Gasteiger partial charge in [-0.15, -0.1) is 0 Å². The summed E-state index contributed by atoms with van der Waals surface area (Å²) >= 11 is 0. The highest BCUT2D eigenvalue weighted by Crippen LogP contribution is 2.32. The molecule has 0 spiro atoms. The Balaban J connectivity index is 2.61. The predicted molar refractivity (Wildman–Crippen MR) is 108 cm³/mol. The fraction of sp³-hybridized carbons (Fsp3) is 0.864. The molecular formula is C22H40O5. The lowest BCUT2D eigenvalue weighted by Gasteiger charge is -2.26. The summed E-state index contributed by atoms with van der Waals surface area (Å²) in [5.74, 6) is 2.04. The van der Waals surface area contributed by atoms with E-state index in [0.29, 0.717) is 30.8 Å². The molecular weight excluding hydrogens is 344 g/mol. The van der Waals surface area contributed by atoms with Crippen molar-refractivity contribution in [3.05, 3.63) is 11.6 Å². The maximum Gasteiger partial charge on any atom is 0.508 e. The first-order valence-electron chi connectivity index (χ1n) is 10.2. The molecule has 1 heterocycles. The van der Waals surface area contributed by atoms with Crippen LogP contribution in [0.25, 0.3) is 0 Å². The Morgan fingerprint density at radius 3 is 2.30 bits per heavy atom. The van der Waals surface area contributed by atoms with Crippen molar-refractivity contribution >= 4 is 6.16 Å². The van der Waals surface area contributed by atoms with Crippen LogP contribution in [0.5, 0.6) is 0 Å². The average molecular weight is 385 g/mol. The molecule has 0 aromatic heterocycles. The lowest BCUT2D eigenvalue weighted by Crippen LogP contribution is -2.39. The van der Waals surface area contributed by atoms with Crippen LogP contribution in [0, 0.1) is 17.8 Å². The van der Waals surface area contributed by atoms with E-state index < -0.39 is 17.4 Å². The van der Waals surface area contributed by atoms with Crippen LogP contribution in [-0.2, 0) is 14.2 Å². The molecule has 1 aliphatic rings. The van der Waals surface area contributed by atoms with E-state index >= 15 is 0 Å². The summed E-state index contributed by atoms with van der Waals surface area (Å²) in [6.45, 7) is 14.7. The van der Waals surface area contributed by atoms with Crippen molar-refractivity contribution in [3.8, 4) is 0 Å². The van der Waals surface area contributed by atoms with Crippen molar-refractivity contribution in [2.75, 3.05) is 19.8 Å². The van der Waals surface area contributed by atoms with Crippen molar-refractivity contribution < 1.29 is 24.1 Å². The summed E-state index contributed by atoms with van der Waals surface area (Å²) in [6, 6.07) is 0. The molecule has 0 saturated carbocycles. The van der Waals surface area contributed by atoms with Crippen LogP contribution in [0.1, 0.15) is 74.1 Å². The largest absolute Gasteiger partial charge is 0.508 e. The number of carbonyl (C=O) groups is 1. The van der Waals surface area contributed by atoms with Crippen molar-refractivity contribution in [2.45, 2.75) is 85.4 Å². The first-order valence-corrected chi connectivity index (χ1v) is 10.2. The highest BCUT2D eigenvalue weighted by Gasteiger charge is 2.39. The summed E-state index contributed by atoms with van der Waals surface area (Å²) in [4.78, 5) is 11.8. The monoisotopic (exact) mass is 384 g/mol. The van der Waals surface area contributed by atoms with Crippen LogP contribution in [0.4, 0.5) is 4.79 Å². The van der Waals surface area contributed by atoms with Crippen molar-refractivity contribution in [2.24, 2.45) is 17.8 Å². The number of aliphatic hydroxyl groups is 1. The van der Waals surface area contributed by atoms with Crippen molar-refractivity contribution in [3.63, 3.8) is 0 Å². The zero-order valence-electron chi connectivity index (χ0n) is 18.3. The van der Waals surface area contributed by atoms with Gasteiger partial charge in [-0.2, -0.15) is 0 Å². The average Bonchev–Trinajstić information content (AvgIpc) is 2.92. The Bertz CT molecular complexity index is 479. The summed E-state index contributed by atoms with van der Waals surface area (Å²) in [7, 11) is 0. The molecule has 5 heteroatoms. The van der Waals surface area contributed by atoms with Crippen LogP contribution in [0.3, 0.4) is 0 Å². The molecule has 0 aromatic rings. The molecule has 1 N–H and O–H groups in total.